The summed E-state index contributed by atoms with van der Waals surface area (Å²) in [6, 6.07) is 0. The summed E-state index contributed by atoms with van der Waals surface area (Å²) in [7, 11) is 0. The molecule has 9 heavy (non-hydrogen) atoms. The molecule has 0 aromatic rings. The summed E-state index contributed by atoms with van der Waals surface area (Å²) in [5.74, 6) is 1.37. The minimum Gasteiger partial charge on any atom is -0.393 e. The minimum atomic E-state index is -0.0128. The Balaban J connectivity index is 2.35. The van der Waals surface area contributed by atoms with Gasteiger partial charge >= 0.3 is 0 Å². The number of rotatable bonds is 0. The van der Waals surface area contributed by atoms with E-state index >= 15 is 0 Å². The Hall–Kier alpha value is -0.0400. The van der Waals surface area contributed by atoms with E-state index < -0.39 is 0 Å². The van der Waals surface area contributed by atoms with E-state index in [0.29, 0.717) is 5.92 Å². The van der Waals surface area contributed by atoms with E-state index in [0.717, 1.165) is 12.3 Å². The smallest absolute Gasteiger partial charge is 0.0566 e. The topological polar surface area (TPSA) is 20.2 Å². The molecule has 0 heterocycles. The zero-order valence-electron chi connectivity index (χ0n) is 6.30. The number of hydrogen-bond donors (Lipinski definition) is 1. The summed E-state index contributed by atoms with van der Waals surface area (Å²) in [5.41, 5.74) is 0. The summed E-state index contributed by atoms with van der Waals surface area (Å²) in [6.45, 7) is 4.41. The molecular formula is C8H16O. The summed E-state index contributed by atoms with van der Waals surface area (Å²) in [4.78, 5) is 0. The van der Waals surface area contributed by atoms with Gasteiger partial charge in [0.05, 0.1) is 6.10 Å². The van der Waals surface area contributed by atoms with Crippen molar-refractivity contribution in [3.63, 3.8) is 0 Å². The second-order valence-corrected chi connectivity index (χ2v) is 3.46. The van der Waals surface area contributed by atoms with Crippen LogP contribution in [0.5, 0.6) is 0 Å². The Morgan fingerprint density at radius 1 is 1.22 bits per heavy atom. The first kappa shape index (κ1) is 7.07. The van der Waals surface area contributed by atoms with Gasteiger partial charge in [-0.05, 0) is 31.1 Å². The van der Waals surface area contributed by atoms with Crippen molar-refractivity contribution in [3.8, 4) is 0 Å². The van der Waals surface area contributed by atoms with Crippen LogP contribution in [0.15, 0.2) is 0 Å². The van der Waals surface area contributed by atoms with Gasteiger partial charge in [-0.3, -0.25) is 0 Å². The first-order valence-electron chi connectivity index (χ1n) is 3.88. The van der Waals surface area contributed by atoms with Gasteiger partial charge in [0.1, 0.15) is 0 Å². The molecule has 0 aromatic heterocycles. The van der Waals surface area contributed by atoms with E-state index in [9.17, 15) is 5.11 Å². The van der Waals surface area contributed by atoms with E-state index in [-0.39, 0.29) is 6.10 Å². The zero-order chi connectivity index (χ0) is 6.85. The monoisotopic (exact) mass is 128 g/mol. The highest BCUT2D eigenvalue weighted by Crippen LogP contribution is 2.28. The van der Waals surface area contributed by atoms with Gasteiger partial charge in [-0.2, -0.15) is 0 Å². The fourth-order valence-electron chi connectivity index (χ4n) is 1.65. The quantitative estimate of drug-likeness (QED) is 0.527. The van der Waals surface area contributed by atoms with Crippen LogP contribution < -0.4 is 0 Å². The third-order valence-electron chi connectivity index (χ3n) is 2.39. The van der Waals surface area contributed by atoms with Crippen molar-refractivity contribution in [1.29, 1.82) is 0 Å². The molecule has 0 amide bonds. The third-order valence-corrected chi connectivity index (χ3v) is 2.39. The van der Waals surface area contributed by atoms with Gasteiger partial charge in [0.15, 0.2) is 0 Å². The lowest BCUT2D eigenvalue weighted by Crippen LogP contribution is -2.25. The molecule has 0 bridgehead atoms. The molecule has 1 aliphatic carbocycles. The molecule has 54 valence electrons. The van der Waals surface area contributed by atoms with Gasteiger partial charge in [-0.15, -0.1) is 0 Å². The van der Waals surface area contributed by atoms with Gasteiger partial charge in [-0.25, -0.2) is 0 Å². The molecule has 1 nitrogen and oxygen atoms in total. The molecule has 3 atom stereocenters. The first-order chi connectivity index (χ1) is 4.20. The lowest BCUT2D eigenvalue weighted by Gasteiger charge is -2.28. The van der Waals surface area contributed by atoms with Crippen molar-refractivity contribution >= 4 is 0 Å². The Bertz CT molecular complexity index is 90.6. The largest absolute Gasteiger partial charge is 0.393 e. The van der Waals surface area contributed by atoms with Crippen LogP contribution in [0.25, 0.3) is 0 Å². The van der Waals surface area contributed by atoms with Gasteiger partial charge in [0.2, 0.25) is 0 Å². The average Bonchev–Trinajstić information content (AvgIpc) is 1.80. The maximum absolute atomic E-state index is 9.30. The van der Waals surface area contributed by atoms with Crippen LogP contribution in [-0.2, 0) is 0 Å². The van der Waals surface area contributed by atoms with E-state index in [1.54, 1.807) is 0 Å². The Kier molecular flexibility index (Phi) is 2.12. The van der Waals surface area contributed by atoms with Crippen LogP contribution in [-0.4, -0.2) is 11.2 Å². The molecule has 0 radical (unpaired) electrons. The molecule has 1 saturated carbocycles. The Morgan fingerprint density at radius 2 is 1.89 bits per heavy atom. The highest BCUT2D eigenvalue weighted by Gasteiger charge is 2.22. The Labute approximate surface area is 57.1 Å². The van der Waals surface area contributed by atoms with Crippen LogP contribution in [0.3, 0.4) is 0 Å². The van der Waals surface area contributed by atoms with Crippen molar-refractivity contribution < 1.29 is 5.11 Å². The van der Waals surface area contributed by atoms with Gasteiger partial charge < -0.3 is 5.11 Å². The standard InChI is InChI=1S/C8H16O/c1-6-3-4-8(9)7(2)5-6/h6-9H,3-5H2,1-2H3/t6-,7+,8-/m0/s1. The molecular weight excluding hydrogens is 112 g/mol. The molecule has 0 aliphatic heterocycles. The van der Waals surface area contributed by atoms with Crippen LogP contribution in [0.2, 0.25) is 0 Å². The van der Waals surface area contributed by atoms with Crippen LogP contribution in [0.1, 0.15) is 33.1 Å². The fourth-order valence-corrected chi connectivity index (χ4v) is 1.65. The molecule has 0 aromatic carbocycles. The van der Waals surface area contributed by atoms with Crippen molar-refractivity contribution in [2.45, 2.75) is 39.2 Å². The molecule has 1 N–H and O–H groups in total. The van der Waals surface area contributed by atoms with Gasteiger partial charge in [0, 0.05) is 0 Å². The van der Waals surface area contributed by atoms with E-state index in [4.69, 9.17) is 0 Å². The SMILES string of the molecule is C[C@H]1CC[C@H](O)[C@H](C)C1. The van der Waals surface area contributed by atoms with E-state index in [2.05, 4.69) is 13.8 Å². The highest BCUT2D eigenvalue weighted by atomic mass is 16.3. The zero-order valence-corrected chi connectivity index (χ0v) is 6.30. The summed E-state index contributed by atoms with van der Waals surface area (Å²) < 4.78 is 0. The lowest BCUT2D eigenvalue weighted by atomic mass is 9.81. The van der Waals surface area contributed by atoms with Gasteiger partial charge in [0.25, 0.3) is 0 Å². The normalized spacial score (nSPS) is 45.0. The van der Waals surface area contributed by atoms with E-state index in [1.807, 2.05) is 0 Å². The van der Waals surface area contributed by atoms with Gasteiger partial charge in [-0.1, -0.05) is 13.8 Å². The lowest BCUT2D eigenvalue weighted by molar-refractivity contribution is 0.0611. The number of aliphatic hydroxyl groups excluding tert-OH is 1. The van der Waals surface area contributed by atoms with Crippen LogP contribution in [0, 0.1) is 11.8 Å². The van der Waals surface area contributed by atoms with E-state index in [1.165, 1.54) is 12.8 Å². The van der Waals surface area contributed by atoms with Crippen molar-refractivity contribution in [3.05, 3.63) is 0 Å². The fraction of sp³-hybridized carbons (Fsp3) is 1.00. The molecule has 0 unspecified atom stereocenters. The average molecular weight is 128 g/mol. The molecule has 1 fully saturated rings. The maximum Gasteiger partial charge on any atom is 0.0566 e. The minimum absolute atomic E-state index is 0.0128. The number of aliphatic hydroxyl groups is 1. The summed E-state index contributed by atoms with van der Waals surface area (Å²) in [6.07, 6.45) is 3.43. The highest BCUT2D eigenvalue weighted by molar-refractivity contribution is 4.74. The van der Waals surface area contributed by atoms with Crippen molar-refractivity contribution in [2.24, 2.45) is 11.8 Å². The molecule has 0 saturated heterocycles. The second-order valence-electron chi connectivity index (χ2n) is 3.46. The summed E-state index contributed by atoms with van der Waals surface area (Å²) >= 11 is 0. The molecule has 0 spiro atoms. The van der Waals surface area contributed by atoms with Crippen molar-refractivity contribution in [2.75, 3.05) is 0 Å². The summed E-state index contributed by atoms with van der Waals surface area (Å²) in [5, 5.41) is 9.30. The first-order valence-corrected chi connectivity index (χ1v) is 3.88. The maximum atomic E-state index is 9.30. The predicted octanol–water partition coefficient (Wildman–Crippen LogP) is 1.80. The number of hydrogen-bond acceptors (Lipinski definition) is 1. The van der Waals surface area contributed by atoms with Crippen molar-refractivity contribution in [1.82, 2.24) is 0 Å². The second kappa shape index (κ2) is 2.70. The molecule has 1 aliphatic rings. The third kappa shape index (κ3) is 1.68. The molecule has 1 heteroatoms. The van der Waals surface area contributed by atoms with Crippen LogP contribution >= 0.6 is 0 Å². The molecule has 1 rings (SSSR count). The Morgan fingerprint density at radius 3 is 2.33 bits per heavy atom. The predicted molar refractivity (Wildman–Crippen MR) is 38.2 cm³/mol. The van der Waals surface area contributed by atoms with Crippen LogP contribution in [0.4, 0.5) is 0 Å².